The third-order valence-corrected chi connectivity index (χ3v) is 6.55. The predicted molar refractivity (Wildman–Crippen MR) is 111 cm³/mol. The maximum absolute atomic E-state index is 13.3. The standard InChI is InChI=1S/C22H28N4O5/c1-22(16-5-6-17-18(13-16)31-12-2-11-30-17)20(28)26(21(29)23-22)14-24-7-9-25(10-8-24)19(27)15-3-4-15/h5-6,13,15H,2-4,7-12,14H2,1H3,(H,23,29)/t22-/m1/s1. The lowest BCUT2D eigenvalue weighted by Crippen LogP contribution is -2.53. The number of hydrogen-bond acceptors (Lipinski definition) is 6. The summed E-state index contributed by atoms with van der Waals surface area (Å²) in [5.41, 5.74) is -0.497. The number of carbonyl (C=O) groups excluding carboxylic acids is 3. The van der Waals surface area contributed by atoms with Gasteiger partial charge in [0, 0.05) is 38.5 Å². The Bertz CT molecular complexity index is 909. The zero-order chi connectivity index (χ0) is 21.6. The summed E-state index contributed by atoms with van der Waals surface area (Å²) < 4.78 is 11.4. The maximum Gasteiger partial charge on any atom is 0.326 e. The fourth-order valence-electron chi connectivity index (χ4n) is 4.39. The van der Waals surface area contributed by atoms with Gasteiger partial charge in [-0.1, -0.05) is 6.07 Å². The molecule has 9 heteroatoms. The lowest BCUT2D eigenvalue weighted by Gasteiger charge is -2.36. The van der Waals surface area contributed by atoms with Crippen molar-refractivity contribution in [2.45, 2.75) is 31.7 Å². The quantitative estimate of drug-likeness (QED) is 0.723. The normalized spacial score (nSPS) is 26.6. The van der Waals surface area contributed by atoms with Crippen LogP contribution in [0, 0.1) is 5.92 Å². The zero-order valence-electron chi connectivity index (χ0n) is 17.8. The molecule has 5 rings (SSSR count). The Morgan fingerprint density at radius 1 is 1.10 bits per heavy atom. The number of amides is 4. The van der Waals surface area contributed by atoms with E-state index in [9.17, 15) is 14.4 Å². The van der Waals surface area contributed by atoms with Crippen LogP contribution in [0.2, 0.25) is 0 Å². The molecule has 31 heavy (non-hydrogen) atoms. The Morgan fingerprint density at radius 2 is 1.81 bits per heavy atom. The lowest BCUT2D eigenvalue weighted by molar-refractivity contribution is -0.137. The van der Waals surface area contributed by atoms with Crippen molar-refractivity contribution in [2.24, 2.45) is 5.92 Å². The Morgan fingerprint density at radius 3 is 2.52 bits per heavy atom. The zero-order valence-corrected chi connectivity index (χ0v) is 17.8. The number of nitrogens with one attached hydrogen (secondary N) is 1. The highest BCUT2D eigenvalue weighted by Gasteiger charge is 2.50. The smallest absolute Gasteiger partial charge is 0.326 e. The number of ether oxygens (including phenoxy) is 2. The van der Waals surface area contributed by atoms with E-state index < -0.39 is 11.6 Å². The van der Waals surface area contributed by atoms with Gasteiger partial charge in [0.25, 0.3) is 5.91 Å². The molecule has 3 heterocycles. The Hall–Kier alpha value is -2.81. The largest absolute Gasteiger partial charge is 0.490 e. The van der Waals surface area contributed by atoms with Gasteiger partial charge >= 0.3 is 6.03 Å². The molecule has 9 nitrogen and oxygen atoms in total. The number of carbonyl (C=O) groups is 3. The van der Waals surface area contributed by atoms with Crippen molar-refractivity contribution in [3.8, 4) is 11.5 Å². The van der Waals surface area contributed by atoms with Gasteiger partial charge < -0.3 is 19.7 Å². The summed E-state index contributed by atoms with van der Waals surface area (Å²) in [7, 11) is 0. The number of piperazine rings is 1. The van der Waals surface area contributed by atoms with Crippen molar-refractivity contribution in [1.29, 1.82) is 0 Å². The predicted octanol–water partition coefficient (Wildman–Crippen LogP) is 1.13. The average Bonchev–Trinajstić information content (AvgIpc) is 3.61. The summed E-state index contributed by atoms with van der Waals surface area (Å²) in [5.74, 6) is 1.42. The molecule has 1 saturated carbocycles. The van der Waals surface area contributed by atoms with Crippen molar-refractivity contribution < 1.29 is 23.9 Å². The second-order valence-corrected chi connectivity index (χ2v) is 8.86. The first-order valence-corrected chi connectivity index (χ1v) is 11.0. The molecule has 2 saturated heterocycles. The van der Waals surface area contributed by atoms with Crippen LogP contribution in [-0.4, -0.2) is 78.6 Å². The number of benzene rings is 1. The highest BCUT2D eigenvalue weighted by molar-refractivity contribution is 6.07. The van der Waals surface area contributed by atoms with E-state index in [4.69, 9.17) is 9.47 Å². The maximum atomic E-state index is 13.3. The van der Waals surface area contributed by atoms with Gasteiger partial charge in [-0.05, 0) is 37.5 Å². The number of fused-ring (bicyclic) bond motifs is 1. The molecule has 0 bridgehead atoms. The van der Waals surface area contributed by atoms with E-state index >= 15 is 0 Å². The van der Waals surface area contributed by atoms with Crippen LogP contribution in [0.25, 0.3) is 0 Å². The molecule has 0 spiro atoms. The van der Waals surface area contributed by atoms with Crippen LogP contribution in [0.3, 0.4) is 0 Å². The summed E-state index contributed by atoms with van der Waals surface area (Å²) >= 11 is 0. The fraction of sp³-hybridized carbons (Fsp3) is 0.591. The number of nitrogens with zero attached hydrogens (tertiary/aromatic N) is 3. The summed E-state index contributed by atoms with van der Waals surface area (Å²) in [4.78, 5) is 43.5. The average molecular weight is 428 g/mol. The monoisotopic (exact) mass is 428 g/mol. The molecule has 3 aliphatic heterocycles. The molecule has 1 N–H and O–H groups in total. The van der Waals surface area contributed by atoms with Gasteiger partial charge in [-0.3, -0.25) is 14.5 Å². The first kappa shape index (κ1) is 20.1. The minimum Gasteiger partial charge on any atom is -0.490 e. The number of imide groups is 1. The first-order valence-electron chi connectivity index (χ1n) is 11.0. The number of urea groups is 1. The molecule has 1 aromatic carbocycles. The van der Waals surface area contributed by atoms with Gasteiger partial charge in [-0.25, -0.2) is 9.69 Å². The van der Waals surface area contributed by atoms with Crippen molar-refractivity contribution in [3.05, 3.63) is 23.8 Å². The van der Waals surface area contributed by atoms with Crippen LogP contribution in [0.5, 0.6) is 11.5 Å². The first-order chi connectivity index (χ1) is 15.0. The summed E-state index contributed by atoms with van der Waals surface area (Å²) in [6.07, 6.45) is 2.80. The van der Waals surface area contributed by atoms with E-state index in [2.05, 4.69) is 5.32 Å². The second kappa shape index (κ2) is 7.71. The van der Waals surface area contributed by atoms with Crippen LogP contribution in [0.4, 0.5) is 4.79 Å². The molecule has 4 amide bonds. The molecular weight excluding hydrogens is 400 g/mol. The van der Waals surface area contributed by atoms with E-state index in [-0.39, 0.29) is 24.4 Å². The lowest BCUT2D eigenvalue weighted by atomic mass is 9.91. The molecule has 1 aliphatic carbocycles. The van der Waals surface area contributed by atoms with E-state index in [0.29, 0.717) is 56.5 Å². The topological polar surface area (TPSA) is 91.4 Å². The minimum absolute atomic E-state index is 0.216. The van der Waals surface area contributed by atoms with Crippen LogP contribution < -0.4 is 14.8 Å². The van der Waals surface area contributed by atoms with Crippen molar-refractivity contribution in [3.63, 3.8) is 0 Å². The Balaban J connectivity index is 1.26. The molecule has 4 aliphatic rings. The second-order valence-electron chi connectivity index (χ2n) is 8.86. The summed E-state index contributed by atoms with van der Waals surface area (Å²) in [6.45, 7) is 5.65. The minimum atomic E-state index is -1.16. The van der Waals surface area contributed by atoms with E-state index in [0.717, 1.165) is 19.3 Å². The van der Waals surface area contributed by atoms with Crippen LogP contribution in [0.15, 0.2) is 18.2 Å². The van der Waals surface area contributed by atoms with Crippen LogP contribution >= 0.6 is 0 Å². The van der Waals surface area contributed by atoms with Crippen molar-refractivity contribution >= 4 is 17.8 Å². The summed E-state index contributed by atoms with van der Waals surface area (Å²) in [5, 5.41) is 2.86. The van der Waals surface area contributed by atoms with Gasteiger partial charge in [0.15, 0.2) is 11.5 Å². The van der Waals surface area contributed by atoms with Gasteiger partial charge in [-0.2, -0.15) is 0 Å². The molecular formula is C22H28N4O5. The molecule has 0 aromatic heterocycles. The van der Waals surface area contributed by atoms with Crippen LogP contribution in [0.1, 0.15) is 31.7 Å². The molecule has 0 unspecified atom stereocenters. The third kappa shape index (κ3) is 3.71. The summed E-state index contributed by atoms with van der Waals surface area (Å²) in [6, 6.07) is 4.97. The highest BCUT2D eigenvalue weighted by Crippen LogP contribution is 2.37. The molecule has 3 fully saturated rings. The SMILES string of the molecule is C[C@]1(c2ccc3c(c2)OCCCO3)NC(=O)N(CN2CCN(C(=O)C3CC3)CC2)C1=O. The molecule has 166 valence electrons. The van der Waals surface area contributed by atoms with Crippen LogP contribution in [-0.2, 0) is 15.1 Å². The van der Waals surface area contributed by atoms with Gasteiger partial charge in [0.1, 0.15) is 5.54 Å². The van der Waals surface area contributed by atoms with E-state index in [1.165, 1.54) is 4.90 Å². The Kier molecular flexibility index (Phi) is 5.00. The Labute approximate surface area is 181 Å². The molecule has 1 aromatic rings. The number of rotatable bonds is 4. The van der Waals surface area contributed by atoms with Gasteiger partial charge in [0.2, 0.25) is 5.91 Å². The van der Waals surface area contributed by atoms with Gasteiger partial charge in [0.05, 0.1) is 19.9 Å². The third-order valence-electron chi connectivity index (χ3n) is 6.55. The molecule has 0 radical (unpaired) electrons. The van der Waals surface area contributed by atoms with Gasteiger partial charge in [-0.15, -0.1) is 0 Å². The highest BCUT2D eigenvalue weighted by atomic mass is 16.5. The van der Waals surface area contributed by atoms with Crippen molar-refractivity contribution in [1.82, 2.24) is 20.0 Å². The number of hydrogen-bond donors (Lipinski definition) is 1. The fourth-order valence-corrected chi connectivity index (χ4v) is 4.39. The molecule has 1 atom stereocenters. The van der Waals surface area contributed by atoms with E-state index in [1.807, 2.05) is 9.80 Å². The van der Waals surface area contributed by atoms with E-state index in [1.54, 1.807) is 25.1 Å². The van der Waals surface area contributed by atoms with Crippen molar-refractivity contribution in [2.75, 3.05) is 46.1 Å².